The van der Waals surface area contributed by atoms with Gasteiger partial charge in [0, 0.05) is 13.1 Å². The molecule has 0 radical (unpaired) electrons. The van der Waals surface area contributed by atoms with Crippen LogP contribution >= 0.6 is 11.3 Å². The van der Waals surface area contributed by atoms with E-state index in [2.05, 4.69) is 16.8 Å². The molecule has 0 atom stereocenters. The number of aromatic nitrogens is 1. The molecule has 4 rings (SSSR count). The molecule has 1 fully saturated rings. The van der Waals surface area contributed by atoms with Crippen LogP contribution in [-0.2, 0) is 11.3 Å². The number of para-hydroxylation sites is 2. The minimum Gasteiger partial charge on any atom is -0.408 e. The second-order valence-electron chi connectivity index (χ2n) is 6.13. The zero-order valence-corrected chi connectivity index (χ0v) is 14.0. The first-order valence-electron chi connectivity index (χ1n) is 8.10. The van der Waals surface area contributed by atoms with Gasteiger partial charge in [0.25, 0.3) is 0 Å². The number of nitrogens with zero attached hydrogens (tertiary/aromatic N) is 2. The van der Waals surface area contributed by atoms with Crippen molar-refractivity contribution in [2.45, 2.75) is 25.3 Å². The third-order valence-electron chi connectivity index (χ3n) is 4.73. The summed E-state index contributed by atoms with van der Waals surface area (Å²) < 4.78 is 6.61. The van der Waals surface area contributed by atoms with Gasteiger partial charge in [0.15, 0.2) is 5.58 Å². The predicted octanol–water partition coefficient (Wildman–Crippen LogP) is 3.06. The van der Waals surface area contributed by atoms with E-state index in [4.69, 9.17) is 4.42 Å². The highest BCUT2D eigenvalue weighted by atomic mass is 32.1. The minimum absolute atomic E-state index is 0.0209. The summed E-state index contributed by atoms with van der Waals surface area (Å²) in [5, 5.41) is 4.29. The van der Waals surface area contributed by atoms with Crippen LogP contribution in [0.25, 0.3) is 11.1 Å². The van der Waals surface area contributed by atoms with E-state index in [1.807, 2.05) is 17.0 Å². The van der Waals surface area contributed by atoms with Gasteiger partial charge in [-0.15, -0.1) is 0 Å². The largest absolute Gasteiger partial charge is 0.420 e. The van der Waals surface area contributed by atoms with Crippen molar-refractivity contribution in [2.24, 2.45) is 0 Å². The van der Waals surface area contributed by atoms with Gasteiger partial charge in [-0.05, 0) is 53.3 Å². The molecular weight excluding hydrogens is 324 g/mol. The van der Waals surface area contributed by atoms with Gasteiger partial charge in [0.2, 0.25) is 5.91 Å². The highest BCUT2D eigenvalue weighted by Crippen LogP contribution is 2.29. The number of benzene rings is 1. The lowest BCUT2D eigenvalue weighted by Crippen LogP contribution is -2.40. The van der Waals surface area contributed by atoms with Crippen molar-refractivity contribution in [1.82, 2.24) is 9.47 Å². The number of fused-ring (bicyclic) bond motifs is 1. The van der Waals surface area contributed by atoms with Gasteiger partial charge < -0.3 is 9.32 Å². The number of thiophene rings is 1. The van der Waals surface area contributed by atoms with E-state index in [1.165, 1.54) is 10.1 Å². The molecule has 3 heterocycles. The van der Waals surface area contributed by atoms with Gasteiger partial charge in [0.1, 0.15) is 6.54 Å². The summed E-state index contributed by atoms with van der Waals surface area (Å²) in [4.78, 5) is 26.4. The number of carbonyl (C=O) groups excluding carboxylic acids is 1. The SMILES string of the molecule is O=C(Cn1c(=O)oc2ccccc21)N1CCC(c2ccsc2)CC1. The molecule has 2 aromatic heterocycles. The van der Waals surface area contributed by atoms with Crippen LogP contribution in [0.1, 0.15) is 24.3 Å². The van der Waals surface area contributed by atoms with E-state index in [9.17, 15) is 9.59 Å². The van der Waals surface area contributed by atoms with Gasteiger partial charge in [0.05, 0.1) is 5.52 Å². The summed E-state index contributed by atoms with van der Waals surface area (Å²) in [5.74, 6) is 0.0444. The van der Waals surface area contributed by atoms with Crippen LogP contribution in [0, 0.1) is 0 Å². The number of likely N-dealkylation sites (tertiary alicyclic amines) is 1. The highest BCUT2D eigenvalue weighted by Gasteiger charge is 2.25. The first kappa shape index (κ1) is 15.2. The molecule has 1 aromatic carbocycles. The van der Waals surface area contributed by atoms with Crippen molar-refractivity contribution in [2.75, 3.05) is 13.1 Å². The Balaban J connectivity index is 1.45. The Bertz CT molecular complexity index is 902. The third kappa shape index (κ3) is 2.78. The fourth-order valence-corrected chi connectivity index (χ4v) is 4.11. The van der Waals surface area contributed by atoms with Gasteiger partial charge in [-0.25, -0.2) is 4.79 Å². The Labute approximate surface area is 143 Å². The number of rotatable bonds is 3. The summed E-state index contributed by atoms with van der Waals surface area (Å²) in [5.41, 5.74) is 2.57. The van der Waals surface area contributed by atoms with Gasteiger partial charge in [-0.3, -0.25) is 9.36 Å². The van der Waals surface area contributed by atoms with E-state index in [-0.39, 0.29) is 12.5 Å². The second kappa shape index (κ2) is 6.28. The van der Waals surface area contributed by atoms with Crippen molar-refractivity contribution in [3.8, 4) is 0 Å². The lowest BCUT2D eigenvalue weighted by Gasteiger charge is -2.31. The quantitative estimate of drug-likeness (QED) is 0.735. The third-order valence-corrected chi connectivity index (χ3v) is 5.43. The second-order valence-corrected chi connectivity index (χ2v) is 6.91. The van der Waals surface area contributed by atoms with Crippen LogP contribution in [0.5, 0.6) is 0 Å². The van der Waals surface area contributed by atoms with E-state index >= 15 is 0 Å². The lowest BCUT2D eigenvalue weighted by atomic mass is 9.91. The average Bonchev–Trinajstić information content (AvgIpc) is 3.24. The maximum absolute atomic E-state index is 12.6. The van der Waals surface area contributed by atoms with Crippen molar-refractivity contribution < 1.29 is 9.21 Å². The topological polar surface area (TPSA) is 55.5 Å². The Morgan fingerprint density at radius 2 is 2.00 bits per heavy atom. The molecule has 1 saturated heterocycles. The first-order chi connectivity index (χ1) is 11.7. The maximum Gasteiger partial charge on any atom is 0.420 e. The molecule has 0 bridgehead atoms. The summed E-state index contributed by atoms with van der Waals surface area (Å²) in [7, 11) is 0. The number of hydrogen-bond donors (Lipinski definition) is 0. The summed E-state index contributed by atoms with van der Waals surface area (Å²) in [6, 6.07) is 9.36. The van der Waals surface area contributed by atoms with Gasteiger partial charge in [-0.1, -0.05) is 12.1 Å². The molecule has 1 amide bonds. The van der Waals surface area contributed by atoms with Gasteiger partial charge in [-0.2, -0.15) is 11.3 Å². The Morgan fingerprint density at radius 1 is 1.21 bits per heavy atom. The maximum atomic E-state index is 12.6. The van der Waals surface area contributed by atoms with E-state index in [1.54, 1.807) is 23.5 Å². The number of piperidine rings is 1. The molecule has 0 N–H and O–H groups in total. The smallest absolute Gasteiger partial charge is 0.408 e. The van der Waals surface area contributed by atoms with E-state index < -0.39 is 5.76 Å². The molecule has 24 heavy (non-hydrogen) atoms. The molecule has 0 aliphatic carbocycles. The molecule has 0 spiro atoms. The average molecular weight is 342 g/mol. The van der Waals surface area contributed by atoms with Crippen molar-refractivity contribution >= 4 is 28.3 Å². The van der Waals surface area contributed by atoms with Crippen molar-refractivity contribution in [1.29, 1.82) is 0 Å². The monoisotopic (exact) mass is 342 g/mol. The van der Waals surface area contributed by atoms with Crippen molar-refractivity contribution in [3.63, 3.8) is 0 Å². The van der Waals surface area contributed by atoms with E-state index in [0.29, 0.717) is 17.0 Å². The van der Waals surface area contributed by atoms with Crippen LogP contribution < -0.4 is 5.76 Å². The standard InChI is InChI=1S/C18H18N2O3S/c21-17(11-20-15-3-1-2-4-16(15)23-18(20)22)19-8-5-13(6-9-19)14-7-10-24-12-14/h1-4,7,10,12-13H,5-6,8-9,11H2. The highest BCUT2D eigenvalue weighted by molar-refractivity contribution is 7.07. The molecule has 5 nitrogen and oxygen atoms in total. The molecule has 0 saturated carbocycles. The van der Waals surface area contributed by atoms with Gasteiger partial charge >= 0.3 is 5.76 Å². The number of oxazole rings is 1. The normalized spacial score (nSPS) is 15.9. The summed E-state index contributed by atoms with van der Waals surface area (Å²) >= 11 is 1.72. The van der Waals surface area contributed by atoms with Crippen LogP contribution in [0.4, 0.5) is 0 Å². The van der Waals surface area contributed by atoms with Crippen LogP contribution in [-0.4, -0.2) is 28.5 Å². The lowest BCUT2D eigenvalue weighted by molar-refractivity contribution is -0.132. The molecular formula is C18H18N2O3S. The molecule has 6 heteroatoms. The number of amides is 1. The molecule has 1 aliphatic heterocycles. The fraction of sp³-hybridized carbons (Fsp3) is 0.333. The summed E-state index contributed by atoms with van der Waals surface area (Å²) in [6.45, 7) is 1.52. The number of hydrogen-bond acceptors (Lipinski definition) is 4. The molecule has 124 valence electrons. The first-order valence-corrected chi connectivity index (χ1v) is 9.05. The number of carbonyl (C=O) groups is 1. The zero-order valence-electron chi connectivity index (χ0n) is 13.2. The Kier molecular flexibility index (Phi) is 3.98. The molecule has 3 aromatic rings. The van der Waals surface area contributed by atoms with E-state index in [0.717, 1.165) is 25.9 Å². The fourth-order valence-electron chi connectivity index (χ4n) is 3.37. The van der Waals surface area contributed by atoms with Crippen LogP contribution in [0.2, 0.25) is 0 Å². The Hall–Kier alpha value is -2.34. The molecule has 0 unspecified atom stereocenters. The molecule has 1 aliphatic rings. The predicted molar refractivity (Wildman–Crippen MR) is 93.3 cm³/mol. The van der Waals surface area contributed by atoms with Crippen molar-refractivity contribution in [3.05, 3.63) is 57.2 Å². The minimum atomic E-state index is -0.474. The summed E-state index contributed by atoms with van der Waals surface area (Å²) in [6.07, 6.45) is 1.95. The zero-order chi connectivity index (χ0) is 16.5. The van der Waals surface area contributed by atoms with Crippen LogP contribution in [0.15, 0.2) is 50.3 Å². The Morgan fingerprint density at radius 3 is 2.75 bits per heavy atom. The van der Waals surface area contributed by atoms with Crippen LogP contribution in [0.3, 0.4) is 0 Å².